The van der Waals surface area contributed by atoms with Crippen molar-refractivity contribution in [3.8, 4) is 0 Å². The largest absolute Gasteiger partial charge is 0.398 e. The lowest BCUT2D eigenvalue weighted by Gasteiger charge is -2.34. The molecule has 38 heavy (non-hydrogen) atoms. The van der Waals surface area contributed by atoms with Gasteiger partial charge in [0.05, 0.1) is 12.1 Å². The summed E-state index contributed by atoms with van der Waals surface area (Å²) in [7, 11) is 0. The van der Waals surface area contributed by atoms with Crippen molar-refractivity contribution in [2.75, 3.05) is 38.5 Å². The number of amides is 1. The molecule has 0 bridgehead atoms. The van der Waals surface area contributed by atoms with Crippen molar-refractivity contribution in [2.45, 2.75) is 0 Å². The zero-order valence-corrected chi connectivity index (χ0v) is 20.4. The summed E-state index contributed by atoms with van der Waals surface area (Å²) < 4.78 is 14.2. The third-order valence-electron chi connectivity index (χ3n) is 6.62. The molecule has 4 aromatic rings. The molecule has 0 spiro atoms. The van der Waals surface area contributed by atoms with Crippen LogP contribution in [0.2, 0.25) is 0 Å². The average molecular weight is 513 g/mol. The number of piperazine rings is 1. The van der Waals surface area contributed by atoms with Gasteiger partial charge in [-0.05, 0) is 36.4 Å². The summed E-state index contributed by atoms with van der Waals surface area (Å²) in [5.41, 5.74) is 7.20. The molecule has 0 aliphatic carbocycles. The molecule has 1 fully saturated rings. The highest BCUT2D eigenvalue weighted by atomic mass is 19.1. The predicted molar refractivity (Wildman–Crippen MR) is 141 cm³/mol. The number of nitrogens with one attached hydrogen (secondary N) is 1. The lowest BCUT2D eigenvalue weighted by atomic mass is 10.1. The molecule has 1 aliphatic rings. The Balaban J connectivity index is 1.31. The van der Waals surface area contributed by atoms with Gasteiger partial charge in [0.15, 0.2) is 11.5 Å². The molecule has 3 aromatic carbocycles. The first-order valence-electron chi connectivity index (χ1n) is 12.1. The van der Waals surface area contributed by atoms with Gasteiger partial charge in [-0.2, -0.15) is 9.78 Å². The van der Waals surface area contributed by atoms with Gasteiger partial charge in [-0.3, -0.25) is 24.7 Å². The minimum Gasteiger partial charge on any atom is -0.398 e. The van der Waals surface area contributed by atoms with Crippen LogP contribution >= 0.6 is 0 Å². The molecule has 10 heteroatoms. The molecule has 1 aliphatic heterocycles. The van der Waals surface area contributed by atoms with Crippen LogP contribution in [0.4, 0.5) is 10.1 Å². The van der Waals surface area contributed by atoms with Crippen LogP contribution in [0.25, 0.3) is 10.9 Å². The Bertz CT molecular complexity index is 1550. The number of fused-ring (bicyclic) bond motifs is 1. The molecular weight excluding hydrogens is 487 g/mol. The zero-order valence-electron chi connectivity index (χ0n) is 20.4. The third-order valence-corrected chi connectivity index (χ3v) is 6.62. The van der Waals surface area contributed by atoms with Crippen molar-refractivity contribution in [3.63, 3.8) is 0 Å². The first kappa shape index (κ1) is 25.0. The number of carbonyl (C=O) groups excluding carboxylic acids is 3. The molecule has 1 saturated heterocycles. The topological polar surface area (TPSA) is 125 Å². The SMILES string of the molecule is N=C(C(=O)n1nc(C(=O)N2CCN(CC(=O)c3ccc(F)cc3)CC2)c2ccccc21)c1ccccc1N. The average Bonchev–Trinajstić information content (AvgIpc) is 3.32. The van der Waals surface area contributed by atoms with Crippen LogP contribution in [-0.2, 0) is 0 Å². The van der Waals surface area contributed by atoms with Crippen LogP contribution < -0.4 is 5.73 Å². The molecule has 0 radical (unpaired) electrons. The van der Waals surface area contributed by atoms with Gasteiger partial charge in [-0.15, -0.1) is 0 Å². The molecule has 5 rings (SSSR count). The van der Waals surface area contributed by atoms with Gasteiger partial charge in [-0.1, -0.05) is 36.4 Å². The van der Waals surface area contributed by atoms with Crippen molar-refractivity contribution >= 4 is 39.9 Å². The number of halogens is 1. The fourth-order valence-electron chi connectivity index (χ4n) is 4.51. The fourth-order valence-corrected chi connectivity index (χ4v) is 4.51. The highest BCUT2D eigenvalue weighted by molar-refractivity contribution is 6.46. The maximum atomic E-state index is 13.5. The number of aromatic nitrogens is 2. The van der Waals surface area contributed by atoms with E-state index in [2.05, 4.69) is 5.10 Å². The van der Waals surface area contributed by atoms with Crippen LogP contribution in [0.15, 0.2) is 72.8 Å². The summed E-state index contributed by atoms with van der Waals surface area (Å²) in [6.07, 6.45) is 0. The molecule has 1 aromatic heterocycles. The number of benzene rings is 3. The van der Waals surface area contributed by atoms with Crippen LogP contribution in [0.1, 0.15) is 31.2 Å². The Labute approximate surface area is 217 Å². The second kappa shape index (κ2) is 10.3. The molecular formula is C28H25FN6O3. The fraction of sp³-hybridized carbons (Fsp3) is 0.179. The van der Waals surface area contributed by atoms with E-state index in [1.807, 2.05) is 4.90 Å². The first-order valence-corrected chi connectivity index (χ1v) is 12.1. The number of nitrogens with zero attached hydrogens (tertiary/aromatic N) is 4. The lowest BCUT2D eigenvalue weighted by Crippen LogP contribution is -2.50. The zero-order chi connectivity index (χ0) is 26.8. The van der Waals surface area contributed by atoms with Crippen LogP contribution in [-0.4, -0.2) is 75.6 Å². The van der Waals surface area contributed by atoms with E-state index < -0.39 is 11.7 Å². The minimum atomic E-state index is -0.692. The number of hydrogen-bond donors (Lipinski definition) is 2. The summed E-state index contributed by atoms with van der Waals surface area (Å²) in [5, 5.41) is 13.3. The summed E-state index contributed by atoms with van der Waals surface area (Å²) in [6, 6.07) is 18.9. The summed E-state index contributed by atoms with van der Waals surface area (Å²) in [5.74, 6) is -1.54. The van der Waals surface area contributed by atoms with Crippen molar-refractivity contribution in [3.05, 3.63) is 95.4 Å². The normalized spacial score (nSPS) is 14.0. The van der Waals surface area contributed by atoms with E-state index >= 15 is 0 Å². The van der Waals surface area contributed by atoms with E-state index in [1.165, 1.54) is 24.3 Å². The van der Waals surface area contributed by atoms with Crippen molar-refractivity contribution in [1.29, 1.82) is 5.41 Å². The number of carbonyl (C=O) groups is 3. The predicted octanol–water partition coefficient (Wildman–Crippen LogP) is 3.11. The van der Waals surface area contributed by atoms with Gasteiger partial charge in [-0.25, -0.2) is 4.39 Å². The third kappa shape index (κ3) is 4.81. The molecule has 2 heterocycles. The Morgan fingerprint density at radius 2 is 1.55 bits per heavy atom. The minimum absolute atomic E-state index is 0.116. The Morgan fingerprint density at radius 3 is 2.26 bits per heavy atom. The van der Waals surface area contributed by atoms with Gasteiger partial charge in [0.2, 0.25) is 0 Å². The Morgan fingerprint density at radius 1 is 0.895 bits per heavy atom. The van der Waals surface area contributed by atoms with E-state index in [4.69, 9.17) is 11.1 Å². The maximum Gasteiger partial charge on any atom is 0.297 e. The molecule has 192 valence electrons. The van der Waals surface area contributed by atoms with Crippen molar-refractivity contribution in [2.24, 2.45) is 0 Å². The second-order valence-corrected chi connectivity index (χ2v) is 9.04. The van der Waals surface area contributed by atoms with Gasteiger partial charge < -0.3 is 10.6 Å². The van der Waals surface area contributed by atoms with Gasteiger partial charge in [0, 0.05) is 48.4 Å². The summed E-state index contributed by atoms with van der Waals surface area (Å²) >= 11 is 0. The highest BCUT2D eigenvalue weighted by Crippen LogP contribution is 2.22. The number of para-hydroxylation sites is 2. The van der Waals surface area contributed by atoms with Crippen LogP contribution in [0.5, 0.6) is 0 Å². The van der Waals surface area contributed by atoms with E-state index in [0.29, 0.717) is 48.3 Å². The first-order chi connectivity index (χ1) is 18.3. The quantitative estimate of drug-likeness (QED) is 0.232. The van der Waals surface area contributed by atoms with Gasteiger partial charge in [0.1, 0.15) is 11.5 Å². The number of ketones is 1. The summed E-state index contributed by atoms with van der Waals surface area (Å²) in [4.78, 5) is 42.8. The van der Waals surface area contributed by atoms with E-state index in [0.717, 1.165) is 4.68 Å². The maximum absolute atomic E-state index is 13.5. The van der Waals surface area contributed by atoms with Crippen LogP contribution in [0.3, 0.4) is 0 Å². The number of rotatable bonds is 6. The number of Topliss-reactive ketones (excluding diaryl/α,β-unsaturated/α-hetero) is 1. The Hall–Kier alpha value is -4.70. The number of nitrogen functional groups attached to an aromatic ring is 1. The standard InChI is InChI=1S/C28H25FN6O3/c29-19-11-9-18(10-12-19)24(36)17-33-13-15-34(16-14-33)28(38)26-21-6-2-4-8-23(21)35(32-26)27(37)25(31)20-5-1-3-7-22(20)30/h1-12,31H,13-17,30H2. The lowest BCUT2D eigenvalue weighted by molar-refractivity contribution is 0.0620. The second-order valence-electron chi connectivity index (χ2n) is 9.04. The van der Waals surface area contributed by atoms with Crippen LogP contribution in [0, 0.1) is 11.2 Å². The summed E-state index contributed by atoms with van der Waals surface area (Å²) in [6.45, 7) is 1.88. The molecule has 9 nitrogen and oxygen atoms in total. The van der Waals surface area contributed by atoms with E-state index in [9.17, 15) is 18.8 Å². The monoisotopic (exact) mass is 512 g/mol. The smallest absolute Gasteiger partial charge is 0.297 e. The highest BCUT2D eigenvalue weighted by Gasteiger charge is 2.29. The van der Waals surface area contributed by atoms with Crippen molar-refractivity contribution < 1.29 is 18.8 Å². The molecule has 1 amide bonds. The van der Waals surface area contributed by atoms with E-state index in [-0.39, 0.29) is 35.2 Å². The Kier molecular flexibility index (Phi) is 6.80. The van der Waals surface area contributed by atoms with Gasteiger partial charge >= 0.3 is 0 Å². The number of anilines is 1. The molecule has 0 atom stereocenters. The van der Waals surface area contributed by atoms with E-state index in [1.54, 1.807) is 53.4 Å². The number of nitrogens with two attached hydrogens (primary N) is 1. The molecule has 0 unspecified atom stereocenters. The molecule has 0 saturated carbocycles. The van der Waals surface area contributed by atoms with Gasteiger partial charge in [0.25, 0.3) is 11.8 Å². The molecule has 3 N–H and O–H groups in total. The number of hydrogen-bond acceptors (Lipinski definition) is 7. The van der Waals surface area contributed by atoms with Crippen molar-refractivity contribution in [1.82, 2.24) is 19.6 Å².